The van der Waals surface area contributed by atoms with Crippen molar-refractivity contribution in [3.05, 3.63) is 59.7 Å². The number of anilines is 2. The zero-order chi connectivity index (χ0) is 13.8. The summed E-state index contributed by atoms with van der Waals surface area (Å²) in [6, 6.07) is 15.0. The summed E-state index contributed by atoms with van der Waals surface area (Å²) in [6.45, 7) is 4.54. The van der Waals surface area contributed by atoms with Crippen LogP contribution >= 0.6 is 0 Å². The SMILES string of the molecule is CCN(C(=O)c1cccc(C)c1)c1cccc(N)c1. The Balaban J connectivity index is 2.34. The van der Waals surface area contributed by atoms with Crippen LogP contribution in [0.3, 0.4) is 0 Å². The number of amides is 1. The van der Waals surface area contributed by atoms with Gasteiger partial charge in [0, 0.05) is 23.5 Å². The Labute approximate surface area is 113 Å². The maximum atomic E-state index is 12.5. The van der Waals surface area contributed by atoms with E-state index < -0.39 is 0 Å². The van der Waals surface area contributed by atoms with Crippen molar-refractivity contribution >= 4 is 17.3 Å². The first kappa shape index (κ1) is 13.1. The Morgan fingerprint density at radius 3 is 2.53 bits per heavy atom. The summed E-state index contributed by atoms with van der Waals surface area (Å²) in [4.78, 5) is 14.3. The highest BCUT2D eigenvalue weighted by Crippen LogP contribution is 2.20. The van der Waals surface area contributed by atoms with Crippen LogP contribution in [0.4, 0.5) is 11.4 Å². The van der Waals surface area contributed by atoms with Gasteiger partial charge in [-0.3, -0.25) is 4.79 Å². The van der Waals surface area contributed by atoms with Crippen molar-refractivity contribution < 1.29 is 4.79 Å². The van der Waals surface area contributed by atoms with Gasteiger partial charge in [-0.25, -0.2) is 0 Å². The topological polar surface area (TPSA) is 46.3 Å². The van der Waals surface area contributed by atoms with E-state index >= 15 is 0 Å². The third-order valence-corrected chi connectivity index (χ3v) is 3.01. The van der Waals surface area contributed by atoms with Crippen molar-refractivity contribution in [1.82, 2.24) is 0 Å². The fourth-order valence-electron chi connectivity index (χ4n) is 2.07. The van der Waals surface area contributed by atoms with Gasteiger partial charge in [0.05, 0.1) is 0 Å². The number of aryl methyl sites for hydroxylation is 1. The second kappa shape index (κ2) is 5.57. The molecule has 0 fully saturated rings. The zero-order valence-electron chi connectivity index (χ0n) is 11.3. The van der Waals surface area contributed by atoms with Gasteiger partial charge in [0.15, 0.2) is 0 Å². The number of hydrogen-bond acceptors (Lipinski definition) is 2. The normalized spacial score (nSPS) is 10.2. The van der Waals surface area contributed by atoms with Crippen LogP contribution in [0.15, 0.2) is 48.5 Å². The van der Waals surface area contributed by atoms with Crippen molar-refractivity contribution in [2.24, 2.45) is 0 Å². The molecule has 0 aliphatic carbocycles. The Kier molecular flexibility index (Phi) is 3.85. The van der Waals surface area contributed by atoms with E-state index in [2.05, 4.69) is 0 Å². The quantitative estimate of drug-likeness (QED) is 0.855. The molecule has 0 saturated heterocycles. The molecule has 0 heterocycles. The summed E-state index contributed by atoms with van der Waals surface area (Å²) in [5.41, 5.74) is 9.04. The summed E-state index contributed by atoms with van der Waals surface area (Å²) in [7, 11) is 0. The molecule has 2 aromatic carbocycles. The van der Waals surface area contributed by atoms with E-state index in [-0.39, 0.29) is 5.91 Å². The van der Waals surface area contributed by atoms with E-state index in [1.807, 2.05) is 62.4 Å². The molecule has 2 aromatic rings. The summed E-state index contributed by atoms with van der Waals surface area (Å²) >= 11 is 0. The van der Waals surface area contributed by atoms with Crippen molar-refractivity contribution in [2.45, 2.75) is 13.8 Å². The van der Waals surface area contributed by atoms with Crippen molar-refractivity contribution in [3.8, 4) is 0 Å². The molecular formula is C16H18N2O. The monoisotopic (exact) mass is 254 g/mol. The summed E-state index contributed by atoms with van der Waals surface area (Å²) in [5, 5.41) is 0. The number of carbonyl (C=O) groups excluding carboxylic acids is 1. The molecule has 0 aromatic heterocycles. The average Bonchev–Trinajstić information content (AvgIpc) is 2.39. The van der Waals surface area contributed by atoms with Gasteiger partial charge in [0.1, 0.15) is 0 Å². The lowest BCUT2D eigenvalue weighted by Gasteiger charge is -2.21. The molecule has 2 N–H and O–H groups in total. The fraction of sp³-hybridized carbons (Fsp3) is 0.188. The van der Waals surface area contributed by atoms with Gasteiger partial charge in [-0.05, 0) is 44.2 Å². The number of nitrogens with zero attached hydrogens (tertiary/aromatic N) is 1. The first-order valence-corrected chi connectivity index (χ1v) is 6.36. The molecule has 98 valence electrons. The lowest BCUT2D eigenvalue weighted by Crippen LogP contribution is -2.30. The maximum absolute atomic E-state index is 12.5. The van der Waals surface area contributed by atoms with E-state index in [9.17, 15) is 4.79 Å². The number of rotatable bonds is 3. The Bertz CT molecular complexity index is 593. The molecule has 2 rings (SSSR count). The summed E-state index contributed by atoms with van der Waals surface area (Å²) in [5.74, 6) is -0.00296. The lowest BCUT2D eigenvalue weighted by atomic mass is 10.1. The average molecular weight is 254 g/mol. The van der Waals surface area contributed by atoms with Crippen molar-refractivity contribution in [3.63, 3.8) is 0 Å². The van der Waals surface area contributed by atoms with Crippen molar-refractivity contribution in [2.75, 3.05) is 17.2 Å². The lowest BCUT2D eigenvalue weighted by molar-refractivity contribution is 0.0988. The van der Waals surface area contributed by atoms with E-state index in [1.165, 1.54) is 0 Å². The number of nitrogen functional groups attached to an aromatic ring is 1. The zero-order valence-corrected chi connectivity index (χ0v) is 11.3. The minimum atomic E-state index is -0.00296. The highest BCUT2D eigenvalue weighted by molar-refractivity contribution is 6.06. The maximum Gasteiger partial charge on any atom is 0.258 e. The summed E-state index contributed by atoms with van der Waals surface area (Å²) in [6.07, 6.45) is 0. The van der Waals surface area contributed by atoms with Gasteiger partial charge < -0.3 is 10.6 Å². The van der Waals surface area contributed by atoms with Crippen molar-refractivity contribution in [1.29, 1.82) is 0 Å². The minimum absolute atomic E-state index is 0.00296. The molecular weight excluding hydrogens is 236 g/mol. The van der Waals surface area contributed by atoms with Crippen LogP contribution in [0, 0.1) is 6.92 Å². The molecule has 3 heteroatoms. The predicted octanol–water partition coefficient (Wildman–Crippen LogP) is 3.24. The van der Waals surface area contributed by atoms with E-state index in [0.717, 1.165) is 11.3 Å². The van der Waals surface area contributed by atoms with Gasteiger partial charge >= 0.3 is 0 Å². The molecule has 0 atom stereocenters. The molecule has 0 spiro atoms. The first-order chi connectivity index (χ1) is 9.11. The smallest absolute Gasteiger partial charge is 0.258 e. The molecule has 19 heavy (non-hydrogen) atoms. The molecule has 3 nitrogen and oxygen atoms in total. The van der Waals surface area contributed by atoms with Crippen LogP contribution in [0.2, 0.25) is 0 Å². The molecule has 1 amide bonds. The third kappa shape index (κ3) is 2.94. The molecule has 0 unspecified atom stereocenters. The van der Waals surface area contributed by atoms with Gasteiger partial charge in [-0.15, -0.1) is 0 Å². The van der Waals surface area contributed by atoms with Crippen LogP contribution < -0.4 is 10.6 Å². The van der Waals surface area contributed by atoms with Crippen LogP contribution in [-0.4, -0.2) is 12.5 Å². The third-order valence-electron chi connectivity index (χ3n) is 3.01. The number of hydrogen-bond donors (Lipinski definition) is 1. The highest BCUT2D eigenvalue weighted by atomic mass is 16.2. The number of benzene rings is 2. The molecule has 0 aliphatic heterocycles. The Morgan fingerprint density at radius 2 is 1.89 bits per heavy atom. The molecule has 0 aliphatic rings. The van der Waals surface area contributed by atoms with Crippen LogP contribution in [0.1, 0.15) is 22.8 Å². The summed E-state index contributed by atoms with van der Waals surface area (Å²) < 4.78 is 0. The van der Waals surface area contributed by atoms with Crippen LogP contribution in [-0.2, 0) is 0 Å². The standard InChI is InChI=1S/C16H18N2O/c1-3-18(15-9-5-8-14(17)11-15)16(19)13-7-4-6-12(2)10-13/h4-11H,3,17H2,1-2H3. The molecule has 0 bridgehead atoms. The van der Waals surface area contributed by atoms with Gasteiger partial charge in [-0.2, -0.15) is 0 Å². The Hall–Kier alpha value is -2.29. The largest absolute Gasteiger partial charge is 0.399 e. The molecule has 0 saturated carbocycles. The molecule has 0 radical (unpaired) electrons. The van der Waals surface area contributed by atoms with Gasteiger partial charge in [0.25, 0.3) is 5.91 Å². The number of carbonyl (C=O) groups is 1. The second-order valence-electron chi connectivity index (χ2n) is 4.51. The fourth-order valence-corrected chi connectivity index (χ4v) is 2.07. The van der Waals surface area contributed by atoms with E-state index in [1.54, 1.807) is 4.90 Å². The second-order valence-corrected chi connectivity index (χ2v) is 4.51. The highest BCUT2D eigenvalue weighted by Gasteiger charge is 2.16. The first-order valence-electron chi connectivity index (χ1n) is 6.36. The van der Waals surface area contributed by atoms with Gasteiger partial charge in [-0.1, -0.05) is 23.8 Å². The predicted molar refractivity (Wildman–Crippen MR) is 79.4 cm³/mol. The van der Waals surface area contributed by atoms with E-state index in [4.69, 9.17) is 5.73 Å². The Morgan fingerprint density at radius 1 is 1.16 bits per heavy atom. The van der Waals surface area contributed by atoms with Gasteiger partial charge in [0.2, 0.25) is 0 Å². The number of nitrogens with two attached hydrogens (primary N) is 1. The van der Waals surface area contributed by atoms with Crippen LogP contribution in [0.5, 0.6) is 0 Å². The minimum Gasteiger partial charge on any atom is -0.399 e. The van der Waals surface area contributed by atoms with Crippen LogP contribution in [0.25, 0.3) is 0 Å². The van der Waals surface area contributed by atoms with E-state index in [0.29, 0.717) is 17.8 Å².